The molecule has 1 N–H and O–H groups in total. The molecule has 1 saturated carbocycles. The third kappa shape index (κ3) is 5.35. The zero-order valence-electron chi connectivity index (χ0n) is 17.8. The van der Waals surface area contributed by atoms with Gasteiger partial charge < -0.3 is 14.8 Å². The smallest absolute Gasteiger partial charge is 0.471 e. The van der Waals surface area contributed by atoms with Crippen molar-refractivity contribution in [2.45, 2.75) is 50.4 Å². The average Bonchev–Trinajstić information content (AvgIpc) is 3.30. The summed E-state index contributed by atoms with van der Waals surface area (Å²) >= 11 is 1.11. The maximum Gasteiger partial charge on any atom is 0.471 e. The predicted octanol–water partition coefficient (Wildman–Crippen LogP) is 4.85. The van der Waals surface area contributed by atoms with Gasteiger partial charge in [0.05, 0.1) is 19.9 Å². The fourth-order valence-corrected chi connectivity index (χ4v) is 4.65. The highest BCUT2D eigenvalue weighted by atomic mass is 32.1. The zero-order valence-corrected chi connectivity index (χ0v) is 18.6. The van der Waals surface area contributed by atoms with Gasteiger partial charge in [0.25, 0.3) is 0 Å². The van der Waals surface area contributed by atoms with E-state index in [0.717, 1.165) is 43.4 Å². The molecule has 0 saturated heterocycles. The number of alkyl halides is 3. The minimum absolute atomic E-state index is 0.0195. The van der Waals surface area contributed by atoms with Gasteiger partial charge in [-0.05, 0) is 36.4 Å². The first kappa shape index (κ1) is 23.9. The number of thiophene rings is 1. The molecule has 6 nitrogen and oxygen atoms in total. The molecule has 3 rings (SSSR count). The molecule has 1 fully saturated rings. The fraction of sp³-hybridized carbons (Fsp3) is 0.455. The Labute approximate surface area is 188 Å². The first-order valence-corrected chi connectivity index (χ1v) is 11.1. The molecule has 0 radical (unpaired) electrons. The molecular weight excluding hydrogens is 445 g/mol. The van der Waals surface area contributed by atoms with Crippen LogP contribution in [0.5, 0.6) is 11.5 Å². The number of rotatable bonds is 7. The van der Waals surface area contributed by atoms with Crippen molar-refractivity contribution in [1.82, 2.24) is 5.32 Å². The third-order valence-corrected chi connectivity index (χ3v) is 6.30. The molecule has 1 unspecified atom stereocenters. The molecule has 2 amide bonds. The van der Waals surface area contributed by atoms with Gasteiger partial charge in [-0.2, -0.15) is 13.2 Å². The minimum Gasteiger partial charge on any atom is -0.497 e. The standard InChI is InChI=1S/C22H25F3N2O4S/c1-30-15-10-11-16(17(13-15)31-2)27(21(29)22(23,24)25)19(18-9-6-12-32-18)20(28)26-14-7-4-3-5-8-14/h6,9-14,19H,3-5,7-8H2,1-2H3,(H,26,28). The number of anilines is 1. The summed E-state index contributed by atoms with van der Waals surface area (Å²) in [5.41, 5.74) is -0.173. The van der Waals surface area contributed by atoms with Crippen molar-refractivity contribution in [2.75, 3.05) is 19.1 Å². The number of halogens is 3. The maximum atomic E-state index is 13.7. The number of amides is 2. The number of ether oxygens (including phenoxy) is 2. The lowest BCUT2D eigenvalue weighted by molar-refractivity contribution is -0.171. The van der Waals surface area contributed by atoms with E-state index >= 15 is 0 Å². The predicted molar refractivity (Wildman–Crippen MR) is 115 cm³/mol. The van der Waals surface area contributed by atoms with Crippen molar-refractivity contribution in [2.24, 2.45) is 0 Å². The van der Waals surface area contributed by atoms with E-state index < -0.39 is 24.0 Å². The second-order valence-corrected chi connectivity index (χ2v) is 8.45. The van der Waals surface area contributed by atoms with Crippen molar-refractivity contribution in [3.8, 4) is 11.5 Å². The quantitative estimate of drug-likeness (QED) is 0.628. The highest BCUT2D eigenvalue weighted by Crippen LogP contribution is 2.40. The van der Waals surface area contributed by atoms with Gasteiger partial charge >= 0.3 is 12.1 Å². The molecule has 1 heterocycles. The molecule has 2 aromatic rings. The van der Waals surface area contributed by atoms with Crippen LogP contribution in [0, 0.1) is 0 Å². The van der Waals surface area contributed by atoms with Gasteiger partial charge in [0.1, 0.15) is 11.5 Å². The summed E-state index contributed by atoms with van der Waals surface area (Å²) in [7, 11) is 2.68. The monoisotopic (exact) mass is 470 g/mol. The number of methoxy groups -OCH3 is 2. The highest BCUT2D eigenvalue weighted by Gasteiger charge is 2.48. The first-order valence-electron chi connectivity index (χ1n) is 10.2. The van der Waals surface area contributed by atoms with Gasteiger partial charge in [0.15, 0.2) is 6.04 Å². The molecular formula is C22H25F3N2O4S. The van der Waals surface area contributed by atoms with Crippen LogP contribution in [-0.4, -0.2) is 38.3 Å². The van der Waals surface area contributed by atoms with Gasteiger partial charge in [-0.1, -0.05) is 25.3 Å². The summed E-state index contributed by atoms with van der Waals surface area (Å²) in [5, 5.41) is 4.52. The summed E-state index contributed by atoms with van der Waals surface area (Å²) in [6.07, 6.45) is -0.768. The Kier molecular flexibility index (Phi) is 7.65. The van der Waals surface area contributed by atoms with E-state index in [1.807, 2.05) is 0 Å². The van der Waals surface area contributed by atoms with Gasteiger partial charge in [0.2, 0.25) is 5.91 Å². The lowest BCUT2D eigenvalue weighted by Crippen LogP contribution is -2.50. The van der Waals surface area contributed by atoms with Crippen molar-refractivity contribution in [3.05, 3.63) is 40.6 Å². The van der Waals surface area contributed by atoms with E-state index in [4.69, 9.17) is 9.47 Å². The number of carbonyl (C=O) groups is 2. The number of carbonyl (C=O) groups excluding carboxylic acids is 2. The number of hydrogen-bond acceptors (Lipinski definition) is 5. The normalized spacial score (nSPS) is 15.7. The van der Waals surface area contributed by atoms with Crippen LogP contribution >= 0.6 is 11.3 Å². The Morgan fingerprint density at radius 3 is 2.41 bits per heavy atom. The lowest BCUT2D eigenvalue weighted by atomic mass is 9.95. The fourth-order valence-electron chi connectivity index (χ4n) is 3.83. The first-order chi connectivity index (χ1) is 15.3. The van der Waals surface area contributed by atoms with E-state index in [1.54, 1.807) is 17.5 Å². The van der Waals surface area contributed by atoms with Gasteiger partial charge in [-0.15, -0.1) is 11.3 Å². The zero-order chi connectivity index (χ0) is 23.3. The summed E-state index contributed by atoms with van der Waals surface area (Å²) in [5.74, 6) is -2.49. The molecule has 1 aliphatic carbocycles. The largest absolute Gasteiger partial charge is 0.497 e. The van der Waals surface area contributed by atoms with Gasteiger partial charge in [-0.3, -0.25) is 14.5 Å². The summed E-state index contributed by atoms with van der Waals surface area (Å²) in [4.78, 5) is 26.8. The second kappa shape index (κ2) is 10.2. The molecule has 1 aliphatic rings. The number of hydrogen-bond donors (Lipinski definition) is 1. The van der Waals surface area contributed by atoms with Crippen molar-refractivity contribution in [3.63, 3.8) is 0 Å². The number of nitrogens with zero attached hydrogens (tertiary/aromatic N) is 1. The van der Waals surface area contributed by atoms with Crippen LogP contribution in [0.4, 0.5) is 18.9 Å². The number of benzene rings is 1. The highest BCUT2D eigenvalue weighted by molar-refractivity contribution is 7.10. The minimum atomic E-state index is -5.20. The van der Waals surface area contributed by atoms with Crippen molar-refractivity contribution in [1.29, 1.82) is 0 Å². The van der Waals surface area contributed by atoms with E-state index in [9.17, 15) is 22.8 Å². The van der Waals surface area contributed by atoms with Crippen LogP contribution in [0.1, 0.15) is 43.0 Å². The summed E-state index contributed by atoms with van der Waals surface area (Å²) in [6.45, 7) is 0. The molecule has 0 spiro atoms. The van der Waals surface area contributed by atoms with E-state index in [2.05, 4.69) is 5.32 Å². The Bertz CT molecular complexity index is 928. The topological polar surface area (TPSA) is 67.9 Å². The van der Waals surface area contributed by atoms with E-state index in [0.29, 0.717) is 15.5 Å². The van der Waals surface area contributed by atoms with E-state index in [-0.39, 0.29) is 17.5 Å². The summed E-state index contributed by atoms with van der Waals surface area (Å²) in [6, 6.07) is 5.60. The maximum absolute atomic E-state index is 13.7. The molecule has 1 atom stereocenters. The van der Waals surface area contributed by atoms with Crippen LogP contribution in [-0.2, 0) is 9.59 Å². The Balaban J connectivity index is 2.10. The van der Waals surface area contributed by atoms with Crippen molar-refractivity contribution >= 4 is 28.8 Å². The molecule has 0 aliphatic heterocycles. The molecule has 1 aromatic carbocycles. The Hall–Kier alpha value is -2.75. The molecule has 0 bridgehead atoms. The van der Waals surface area contributed by atoms with Crippen LogP contribution < -0.4 is 19.7 Å². The molecule has 1 aromatic heterocycles. The average molecular weight is 471 g/mol. The molecule has 174 valence electrons. The summed E-state index contributed by atoms with van der Waals surface area (Å²) < 4.78 is 51.5. The van der Waals surface area contributed by atoms with Gasteiger partial charge in [0, 0.05) is 17.0 Å². The molecule has 10 heteroatoms. The number of nitrogens with one attached hydrogen (secondary N) is 1. The van der Waals surface area contributed by atoms with Crippen molar-refractivity contribution < 1.29 is 32.2 Å². The SMILES string of the molecule is COc1ccc(N(C(=O)C(F)(F)F)C(C(=O)NC2CCCCC2)c2cccs2)c(OC)c1. The Morgan fingerprint density at radius 1 is 1.12 bits per heavy atom. The van der Waals surface area contributed by atoms with Crippen LogP contribution in [0.3, 0.4) is 0 Å². The Morgan fingerprint density at radius 2 is 1.84 bits per heavy atom. The van der Waals surface area contributed by atoms with Crippen LogP contribution in [0.15, 0.2) is 35.7 Å². The third-order valence-electron chi connectivity index (χ3n) is 5.38. The molecule has 32 heavy (non-hydrogen) atoms. The van der Waals surface area contributed by atoms with Gasteiger partial charge in [-0.25, -0.2) is 0 Å². The van der Waals surface area contributed by atoms with Crippen LogP contribution in [0.2, 0.25) is 0 Å². The van der Waals surface area contributed by atoms with Crippen LogP contribution in [0.25, 0.3) is 0 Å². The second-order valence-electron chi connectivity index (χ2n) is 7.47. The lowest BCUT2D eigenvalue weighted by Gasteiger charge is -2.33. The van der Waals surface area contributed by atoms with E-state index in [1.165, 1.54) is 32.4 Å².